The molecule has 3 N–H and O–H groups in total. The van der Waals surface area contributed by atoms with Gasteiger partial charge in [0.15, 0.2) is 0 Å². The number of likely N-dealkylation sites (N-methyl/N-ethyl adjacent to an activating group) is 1. The highest BCUT2D eigenvalue weighted by molar-refractivity contribution is 7.47. The summed E-state index contributed by atoms with van der Waals surface area (Å²) in [6.07, 6.45) is 61.7. The zero-order valence-electron chi connectivity index (χ0n) is 44.7. The highest BCUT2D eigenvalue weighted by Gasteiger charge is 2.27. The van der Waals surface area contributed by atoms with E-state index in [1.807, 2.05) is 27.2 Å². The minimum atomic E-state index is -4.33. The fourth-order valence-corrected chi connectivity index (χ4v) is 9.36. The van der Waals surface area contributed by atoms with Crippen LogP contribution < -0.4 is 5.32 Å². The number of hydrogen-bond acceptors (Lipinski definition) is 5. The Balaban J connectivity index is 3.84. The number of rotatable bonds is 53. The SMILES string of the molecule is CCCCCCCCC/C=C/C(O)C(COP(=O)(O)OCC[N+](C)(C)C)NC(=O)CCCCCCCCCCCCCCCCCCCCCCCCC/C=C\CCCCCCCCCC. The van der Waals surface area contributed by atoms with Crippen LogP contribution in [0.2, 0.25) is 0 Å². The molecule has 0 radical (unpaired) electrons. The standard InChI is InChI=1S/C57H113N2O6P/c1-6-8-10-12-14-16-17-18-19-20-21-22-23-24-25-26-27-28-29-30-31-32-33-34-35-36-37-38-39-40-41-43-45-47-49-51-57(61)58-55(54-65-66(62,63)64-53-52-59(3,4)5)56(60)50-48-46-44-42-15-13-11-9-7-2/h20-21,48,50,55-56,60H,6-19,22-47,49,51-54H2,1-5H3,(H-,58,61,62,63)/p+1/b21-20-,50-48+. The number of phosphoric ester groups is 1. The van der Waals surface area contributed by atoms with Crippen molar-refractivity contribution in [2.75, 3.05) is 40.9 Å². The molecule has 0 fully saturated rings. The number of carbonyl (C=O) groups is 1. The van der Waals surface area contributed by atoms with Gasteiger partial charge in [-0.2, -0.15) is 0 Å². The molecule has 0 spiro atoms. The van der Waals surface area contributed by atoms with Gasteiger partial charge in [-0.05, 0) is 44.9 Å². The lowest BCUT2D eigenvalue weighted by atomic mass is 10.0. The average Bonchev–Trinajstić information content (AvgIpc) is 3.28. The number of phosphoric acid groups is 1. The minimum Gasteiger partial charge on any atom is -0.387 e. The summed E-state index contributed by atoms with van der Waals surface area (Å²) in [6, 6.07) is -0.841. The van der Waals surface area contributed by atoms with Crippen molar-refractivity contribution in [2.45, 2.75) is 296 Å². The molecule has 1 amide bonds. The van der Waals surface area contributed by atoms with E-state index in [4.69, 9.17) is 9.05 Å². The molecule has 392 valence electrons. The van der Waals surface area contributed by atoms with Crippen molar-refractivity contribution >= 4 is 13.7 Å². The first-order valence-electron chi connectivity index (χ1n) is 28.7. The van der Waals surface area contributed by atoms with Gasteiger partial charge in [0.1, 0.15) is 13.2 Å². The van der Waals surface area contributed by atoms with Crippen molar-refractivity contribution in [3.8, 4) is 0 Å². The Bertz CT molecular complexity index is 1130. The number of carbonyl (C=O) groups excluding carboxylic acids is 1. The topological polar surface area (TPSA) is 105 Å². The molecule has 0 saturated carbocycles. The summed E-state index contributed by atoms with van der Waals surface area (Å²) >= 11 is 0. The first kappa shape index (κ1) is 65.0. The van der Waals surface area contributed by atoms with E-state index in [-0.39, 0.29) is 19.1 Å². The van der Waals surface area contributed by atoms with Crippen LogP contribution >= 0.6 is 7.82 Å². The zero-order valence-corrected chi connectivity index (χ0v) is 45.6. The second-order valence-electron chi connectivity index (χ2n) is 21.0. The van der Waals surface area contributed by atoms with E-state index in [1.54, 1.807) is 6.08 Å². The maximum Gasteiger partial charge on any atom is 0.472 e. The Morgan fingerprint density at radius 1 is 0.500 bits per heavy atom. The van der Waals surface area contributed by atoms with Gasteiger partial charge in [0.2, 0.25) is 5.91 Å². The molecule has 3 unspecified atom stereocenters. The smallest absolute Gasteiger partial charge is 0.387 e. The molecule has 3 atom stereocenters. The van der Waals surface area contributed by atoms with Gasteiger partial charge in [-0.1, -0.05) is 256 Å². The van der Waals surface area contributed by atoms with Gasteiger partial charge in [-0.15, -0.1) is 0 Å². The lowest BCUT2D eigenvalue weighted by Crippen LogP contribution is -2.45. The number of nitrogens with one attached hydrogen (secondary N) is 1. The highest BCUT2D eigenvalue weighted by Crippen LogP contribution is 2.43. The Hall–Kier alpha value is -1.02. The molecule has 0 aliphatic rings. The number of aliphatic hydroxyl groups excluding tert-OH is 1. The van der Waals surface area contributed by atoms with Crippen LogP contribution in [0.15, 0.2) is 24.3 Å². The molecule has 0 saturated heterocycles. The van der Waals surface area contributed by atoms with Crippen LogP contribution in [-0.2, 0) is 18.4 Å². The van der Waals surface area contributed by atoms with Gasteiger partial charge in [0.05, 0.1) is 39.9 Å². The Morgan fingerprint density at radius 3 is 1.17 bits per heavy atom. The summed E-state index contributed by atoms with van der Waals surface area (Å²) in [4.78, 5) is 23.2. The van der Waals surface area contributed by atoms with Crippen LogP contribution in [-0.4, -0.2) is 73.4 Å². The Kier molecular flexibility index (Phi) is 48.2. The molecular formula is C57H114N2O6P+. The number of aliphatic hydroxyl groups is 1. The minimum absolute atomic E-state index is 0.0636. The molecule has 66 heavy (non-hydrogen) atoms. The van der Waals surface area contributed by atoms with E-state index in [2.05, 4.69) is 31.3 Å². The first-order valence-corrected chi connectivity index (χ1v) is 30.2. The fourth-order valence-electron chi connectivity index (χ4n) is 8.63. The lowest BCUT2D eigenvalue weighted by Gasteiger charge is -2.25. The third kappa shape index (κ3) is 50.8. The predicted molar refractivity (Wildman–Crippen MR) is 286 cm³/mol. The van der Waals surface area contributed by atoms with Crippen molar-refractivity contribution in [3.63, 3.8) is 0 Å². The monoisotopic (exact) mass is 954 g/mol. The number of unbranched alkanes of at least 4 members (excludes halogenated alkanes) is 38. The van der Waals surface area contributed by atoms with Crippen LogP contribution in [0.3, 0.4) is 0 Å². The summed E-state index contributed by atoms with van der Waals surface area (Å²) < 4.78 is 23.6. The first-order chi connectivity index (χ1) is 32.0. The fraction of sp³-hybridized carbons (Fsp3) is 0.912. The van der Waals surface area contributed by atoms with E-state index in [1.165, 1.54) is 225 Å². The number of nitrogens with zero attached hydrogens (tertiary/aromatic N) is 1. The second kappa shape index (κ2) is 49.0. The van der Waals surface area contributed by atoms with Crippen LogP contribution in [0.25, 0.3) is 0 Å². The van der Waals surface area contributed by atoms with Crippen LogP contribution in [0.1, 0.15) is 284 Å². The summed E-state index contributed by atoms with van der Waals surface area (Å²) in [6.45, 7) is 4.81. The van der Waals surface area contributed by atoms with Crippen molar-refractivity contribution in [3.05, 3.63) is 24.3 Å². The average molecular weight is 955 g/mol. The number of quaternary nitrogens is 1. The van der Waals surface area contributed by atoms with Gasteiger partial charge in [-0.25, -0.2) is 4.57 Å². The summed E-state index contributed by atoms with van der Waals surface area (Å²) in [5.74, 6) is -0.175. The quantitative estimate of drug-likeness (QED) is 0.0243. The van der Waals surface area contributed by atoms with Gasteiger partial charge in [0, 0.05) is 6.42 Å². The van der Waals surface area contributed by atoms with E-state index < -0.39 is 20.0 Å². The van der Waals surface area contributed by atoms with Gasteiger partial charge >= 0.3 is 7.82 Å². The van der Waals surface area contributed by atoms with Crippen molar-refractivity contribution in [1.29, 1.82) is 0 Å². The number of hydrogen-bond donors (Lipinski definition) is 3. The molecule has 0 heterocycles. The maximum absolute atomic E-state index is 12.9. The molecule has 8 nitrogen and oxygen atoms in total. The molecule has 0 aliphatic carbocycles. The van der Waals surface area contributed by atoms with Crippen molar-refractivity contribution in [1.82, 2.24) is 5.32 Å². The van der Waals surface area contributed by atoms with Crippen LogP contribution in [0.5, 0.6) is 0 Å². The molecule has 0 aliphatic heterocycles. The molecule has 0 aromatic rings. The Labute approximate surface area is 411 Å². The predicted octanol–water partition coefficient (Wildman–Crippen LogP) is 17.2. The molecule has 0 aromatic carbocycles. The number of allylic oxidation sites excluding steroid dienone is 3. The molecule has 0 rings (SSSR count). The summed E-state index contributed by atoms with van der Waals surface area (Å²) in [7, 11) is 1.58. The molecule has 0 bridgehead atoms. The number of amides is 1. The van der Waals surface area contributed by atoms with Gasteiger partial charge in [0.25, 0.3) is 0 Å². The zero-order chi connectivity index (χ0) is 48.5. The van der Waals surface area contributed by atoms with Gasteiger partial charge < -0.3 is 19.8 Å². The van der Waals surface area contributed by atoms with Gasteiger partial charge in [-0.3, -0.25) is 13.8 Å². The largest absolute Gasteiger partial charge is 0.472 e. The summed E-state index contributed by atoms with van der Waals surface area (Å²) in [5, 5.41) is 13.8. The second-order valence-corrected chi connectivity index (χ2v) is 22.5. The highest BCUT2D eigenvalue weighted by atomic mass is 31.2. The van der Waals surface area contributed by atoms with E-state index in [9.17, 15) is 19.4 Å². The normalized spacial score (nSPS) is 14.1. The molecule has 9 heteroatoms. The Morgan fingerprint density at radius 2 is 0.818 bits per heavy atom. The van der Waals surface area contributed by atoms with Crippen molar-refractivity contribution in [2.24, 2.45) is 0 Å². The van der Waals surface area contributed by atoms with Crippen molar-refractivity contribution < 1.29 is 32.9 Å². The van der Waals surface area contributed by atoms with E-state index >= 15 is 0 Å². The summed E-state index contributed by atoms with van der Waals surface area (Å²) in [5.41, 5.74) is 0. The lowest BCUT2D eigenvalue weighted by molar-refractivity contribution is -0.870. The molecular weight excluding hydrogens is 840 g/mol. The van der Waals surface area contributed by atoms with Crippen LogP contribution in [0, 0.1) is 0 Å². The van der Waals surface area contributed by atoms with Crippen LogP contribution in [0.4, 0.5) is 0 Å². The van der Waals surface area contributed by atoms with E-state index in [0.29, 0.717) is 17.4 Å². The molecule has 0 aromatic heterocycles. The third-order valence-electron chi connectivity index (χ3n) is 13.2. The third-order valence-corrected chi connectivity index (χ3v) is 14.1. The van der Waals surface area contributed by atoms with E-state index in [0.717, 1.165) is 38.5 Å². The maximum atomic E-state index is 12.9.